The third kappa shape index (κ3) is 4.44. The summed E-state index contributed by atoms with van der Waals surface area (Å²) in [6.07, 6.45) is 4.66. The first kappa shape index (κ1) is 14.7. The zero-order chi connectivity index (χ0) is 14.2. The third-order valence-electron chi connectivity index (χ3n) is 3.61. The van der Waals surface area contributed by atoms with Crippen LogP contribution in [0.1, 0.15) is 31.2 Å². The van der Waals surface area contributed by atoms with Crippen molar-refractivity contribution in [2.45, 2.75) is 32.6 Å². The van der Waals surface area contributed by atoms with Gasteiger partial charge in [-0.25, -0.2) is 0 Å². The predicted octanol–water partition coefficient (Wildman–Crippen LogP) is 2.56. The average molecular weight is 275 g/mol. The molecule has 0 amide bonds. The molecule has 0 atom stereocenters. The Balaban J connectivity index is 1.67. The second kappa shape index (κ2) is 7.78. The van der Waals surface area contributed by atoms with Gasteiger partial charge >= 0.3 is 0 Å². The zero-order valence-electron chi connectivity index (χ0n) is 12.3. The molecule has 1 aliphatic heterocycles. The molecule has 0 aliphatic carbocycles. The van der Waals surface area contributed by atoms with Gasteiger partial charge in [-0.15, -0.1) is 0 Å². The Kier molecular flexibility index (Phi) is 5.71. The van der Waals surface area contributed by atoms with Gasteiger partial charge in [-0.2, -0.15) is 0 Å². The smallest absolute Gasteiger partial charge is 0.191 e. The third-order valence-corrected chi connectivity index (χ3v) is 3.61. The normalized spacial score (nSPS) is 16.2. The summed E-state index contributed by atoms with van der Waals surface area (Å²) in [6, 6.07) is 8.07. The highest BCUT2D eigenvalue weighted by molar-refractivity contribution is 5.78. The van der Waals surface area contributed by atoms with Crippen LogP contribution < -0.4 is 10.5 Å². The number of hydrogen-bond acceptors (Lipinski definition) is 2. The van der Waals surface area contributed by atoms with Crippen LogP contribution in [0.15, 0.2) is 29.3 Å². The van der Waals surface area contributed by atoms with E-state index < -0.39 is 0 Å². The molecule has 110 valence electrons. The molecule has 4 heteroatoms. The van der Waals surface area contributed by atoms with Gasteiger partial charge in [-0.05, 0) is 37.8 Å². The van der Waals surface area contributed by atoms with E-state index >= 15 is 0 Å². The highest BCUT2D eigenvalue weighted by Crippen LogP contribution is 2.16. The van der Waals surface area contributed by atoms with Crippen molar-refractivity contribution >= 4 is 5.96 Å². The van der Waals surface area contributed by atoms with E-state index in [1.165, 1.54) is 24.8 Å². The minimum Gasteiger partial charge on any atom is -0.493 e. The molecule has 1 aromatic carbocycles. The molecule has 2 N–H and O–H groups in total. The fourth-order valence-electron chi connectivity index (χ4n) is 2.38. The number of ether oxygens (including phenoxy) is 1. The molecular weight excluding hydrogens is 250 g/mol. The number of likely N-dealkylation sites (tertiary alicyclic amines) is 1. The maximum Gasteiger partial charge on any atom is 0.191 e. The topological polar surface area (TPSA) is 50.9 Å². The van der Waals surface area contributed by atoms with Crippen LogP contribution in [-0.4, -0.2) is 37.1 Å². The summed E-state index contributed by atoms with van der Waals surface area (Å²) in [5.74, 6) is 1.65. The summed E-state index contributed by atoms with van der Waals surface area (Å²) in [5.41, 5.74) is 7.17. The lowest BCUT2D eigenvalue weighted by molar-refractivity contribution is 0.310. The van der Waals surface area contributed by atoms with Gasteiger partial charge < -0.3 is 15.4 Å². The maximum atomic E-state index is 6.00. The van der Waals surface area contributed by atoms with Crippen LogP contribution in [-0.2, 0) is 0 Å². The van der Waals surface area contributed by atoms with E-state index in [1.54, 1.807) is 0 Å². The molecule has 0 bridgehead atoms. The molecule has 1 heterocycles. The molecule has 1 saturated heterocycles. The summed E-state index contributed by atoms with van der Waals surface area (Å²) in [4.78, 5) is 6.63. The number of aliphatic imine (C=N–C) groups is 1. The van der Waals surface area contributed by atoms with Gasteiger partial charge in [0.1, 0.15) is 5.75 Å². The molecule has 0 radical (unpaired) electrons. The van der Waals surface area contributed by atoms with Gasteiger partial charge in [0, 0.05) is 26.1 Å². The van der Waals surface area contributed by atoms with Crippen LogP contribution in [0.3, 0.4) is 0 Å². The number of piperidine rings is 1. The fourth-order valence-corrected chi connectivity index (χ4v) is 2.38. The maximum absolute atomic E-state index is 6.00. The monoisotopic (exact) mass is 275 g/mol. The largest absolute Gasteiger partial charge is 0.493 e. The van der Waals surface area contributed by atoms with Crippen LogP contribution in [0, 0.1) is 6.92 Å². The quantitative estimate of drug-likeness (QED) is 0.510. The molecule has 0 saturated carbocycles. The number of guanidine groups is 1. The van der Waals surface area contributed by atoms with Crippen LogP contribution in [0.25, 0.3) is 0 Å². The lowest BCUT2D eigenvalue weighted by Gasteiger charge is -2.27. The number of nitrogens with two attached hydrogens (primary N) is 1. The molecule has 1 fully saturated rings. The van der Waals surface area contributed by atoms with Crippen LogP contribution >= 0.6 is 0 Å². The molecule has 0 aromatic heterocycles. The fraction of sp³-hybridized carbons (Fsp3) is 0.562. The minimum absolute atomic E-state index is 0.682. The SMILES string of the molecule is Cc1ccccc1OCCCN=C(N)N1CCCCC1. The van der Waals surface area contributed by atoms with Gasteiger partial charge in [0.2, 0.25) is 0 Å². The Labute approximate surface area is 121 Å². The second-order valence-electron chi connectivity index (χ2n) is 5.26. The lowest BCUT2D eigenvalue weighted by atomic mass is 10.1. The zero-order valence-corrected chi connectivity index (χ0v) is 12.3. The van der Waals surface area contributed by atoms with E-state index in [1.807, 2.05) is 18.2 Å². The standard InChI is InChI=1S/C16H25N3O/c1-14-8-3-4-9-15(14)20-13-7-10-18-16(17)19-11-5-2-6-12-19/h3-4,8-9H,2,5-7,10-13H2,1H3,(H2,17,18). The van der Waals surface area contributed by atoms with Gasteiger partial charge in [-0.3, -0.25) is 4.99 Å². The first-order valence-corrected chi connectivity index (χ1v) is 7.50. The van der Waals surface area contributed by atoms with Gasteiger partial charge in [-0.1, -0.05) is 18.2 Å². The Morgan fingerprint density at radius 1 is 1.25 bits per heavy atom. The number of hydrogen-bond donors (Lipinski definition) is 1. The van der Waals surface area contributed by atoms with E-state index in [-0.39, 0.29) is 0 Å². The predicted molar refractivity (Wildman–Crippen MR) is 83.2 cm³/mol. The Morgan fingerprint density at radius 3 is 2.75 bits per heavy atom. The van der Waals surface area contributed by atoms with Crippen molar-refractivity contribution in [3.05, 3.63) is 29.8 Å². The van der Waals surface area contributed by atoms with Crippen molar-refractivity contribution in [2.75, 3.05) is 26.2 Å². The van der Waals surface area contributed by atoms with Crippen molar-refractivity contribution in [1.29, 1.82) is 0 Å². The number of benzene rings is 1. The minimum atomic E-state index is 0.682. The first-order valence-electron chi connectivity index (χ1n) is 7.50. The van der Waals surface area contributed by atoms with Crippen molar-refractivity contribution < 1.29 is 4.74 Å². The van der Waals surface area contributed by atoms with E-state index in [0.717, 1.165) is 31.8 Å². The molecule has 20 heavy (non-hydrogen) atoms. The van der Waals surface area contributed by atoms with E-state index in [2.05, 4.69) is 22.9 Å². The van der Waals surface area contributed by atoms with Crippen LogP contribution in [0.2, 0.25) is 0 Å². The Morgan fingerprint density at radius 2 is 2.00 bits per heavy atom. The van der Waals surface area contributed by atoms with Crippen molar-refractivity contribution in [1.82, 2.24) is 4.90 Å². The summed E-state index contributed by atoms with van der Waals surface area (Å²) < 4.78 is 5.74. The summed E-state index contributed by atoms with van der Waals surface area (Å²) in [7, 11) is 0. The molecular formula is C16H25N3O. The summed E-state index contributed by atoms with van der Waals surface area (Å²) in [6.45, 7) is 5.57. The summed E-state index contributed by atoms with van der Waals surface area (Å²) >= 11 is 0. The van der Waals surface area contributed by atoms with Gasteiger partial charge in [0.25, 0.3) is 0 Å². The molecule has 4 nitrogen and oxygen atoms in total. The summed E-state index contributed by atoms with van der Waals surface area (Å²) in [5, 5.41) is 0. The number of para-hydroxylation sites is 1. The first-order chi connectivity index (χ1) is 9.77. The van der Waals surface area contributed by atoms with Crippen LogP contribution in [0.5, 0.6) is 5.75 Å². The number of aryl methyl sites for hydroxylation is 1. The van der Waals surface area contributed by atoms with Crippen LogP contribution in [0.4, 0.5) is 0 Å². The van der Waals surface area contributed by atoms with Gasteiger partial charge in [0.15, 0.2) is 5.96 Å². The number of rotatable bonds is 5. The van der Waals surface area contributed by atoms with E-state index in [4.69, 9.17) is 10.5 Å². The molecule has 1 aromatic rings. The Hall–Kier alpha value is -1.71. The highest BCUT2D eigenvalue weighted by atomic mass is 16.5. The van der Waals surface area contributed by atoms with E-state index in [9.17, 15) is 0 Å². The number of nitrogens with zero attached hydrogens (tertiary/aromatic N) is 2. The molecule has 1 aliphatic rings. The van der Waals surface area contributed by atoms with E-state index in [0.29, 0.717) is 12.6 Å². The van der Waals surface area contributed by atoms with Crippen molar-refractivity contribution in [3.63, 3.8) is 0 Å². The molecule has 2 rings (SSSR count). The van der Waals surface area contributed by atoms with Gasteiger partial charge in [0.05, 0.1) is 6.61 Å². The average Bonchev–Trinajstić information content (AvgIpc) is 2.49. The Bertz CT molecular complexity index is 439. The highest BCUT2D eigenvalue weighted by Gasteiger charge is 2.11. The van der Waals surface area contributed by atoms with Crippen molar-refractivity contribution in [3.8, 4) is 5.75 Å². The molecule has 0 spiro atoms. The lowest BCUT2D eigenvalue weighted by Crippen LogP contribution is -2.40. The molecule has 0 unspecified atom stereocenters. The second-order valence-corrected chi connectivity index (χ2v) is 5.26. The van der Waals surface area contributed by atoms with Crippen molar-refractivity contribution in [2.24, 2.45) is 10.7 Å².